The van der Waals surface area contributed by atoms with Gasteiger partial charge in [0, 0.05) is 53.3 Å². The Morgan fingerprint density at radius 3 is 2.76 bits per heavy atom. The molecule has 4 atom stereocenters. The molecule has 0 spiro atoms. The van der Waals surface area contributed by atoms with Crippen LogP contribution in [0.5, 0.6) is 0 Å². The van der Waals surface area contributed by atoms with E-state index in [1.807, 2.05) is 0 Å². The van der Waals surface area contributed by atoms with E-state index in [4.69, 9.17) is 16.3 Å². The molecule has 0 radical (unpaired) electrons. The fourth-order valence-corrected chi connectivity index (χ4v) is 6.55. The summed E-state index contributed by atoms with van der Waals surface area (Å²) < 4.78 is 49.0. The van der Waals surface area contributed by atoms with Crippen molar-refractivity contribution < 1.29 is 32.6 Å². The number of nitrogens with one attached hydrogen (secondary N) is 1. The number of carbonyl (C=O) groups excluding carboxylic acids is 1. The van der Waals surface area contributed by atoms with Crippen LogP contribution in [-0.4, -0.2) is 64.4 Å². The lowest BCUT2D eigenvalue weighted by Gasteiger charge is -2.40. The van der Waals surface area contributed by atoms with Crippen LogP contribution in [0.25, 0.3) is 0 Å². The number of aromatic nitrogens is 1. The molecule has 0 amide bonds. The van der Waals surface area contributed by atoms with Gasteiger partial charge < -0.3 is 15.2 Å². The van der Waals surface area contributed by atoms with Crippen molar-refractivity contribution in [2.24, 2.45) is 10.9 Å². The standard InChI is InChI=1S/C25H24ClF3N4O4S/c1-37-24(36)20-17(11-33-14-6-12(8-19(34)35)7-18(33)25(28,29)10-14)31-22(23-30-4-5-38-23)32-21(20)15-3-2-13(27)9-16(15)26/h2-5,9,12,14,18,21H,6-8,10-11H2,1H3,(H,31,32)(H,34,35)/t12?,14-,18+,21-/m0/s1. The Hall–Kier alpha value is -2.96. The zero-order chi connectivity index (χ0) is 27.2. The third kappa shape index (κ3) is 5.04. The Morgan fingerprint density at radius 1 is 1.34 bits per heavy atom. The number of halogens is 4. The van der Waals surface area contributed by atoms with Gasteiger partial charge in [-0.25, -0.2) is 22.9 Å². The summed E-state index contributed by atoms with van der Waals surface area (Å²) in [4.78, 5) is 34.9. The molecule has 1 unspecified atom stereocenters. The van der Waals surface area contributed by atoms with Crippen LogP contribution in [0.1, 0.15) is 42.3 Å². The number of nitrogens with zero attached hydrogens (tertiary/aromatic N) is 3. The van der Waals surface area contributed by atoms with E-state index in [0.29, 0.717) is 28.5 Å². The Labute approximate surface area is 225 Å². The number of amidine groups is 1. The van der Waals surface area contributed by atoms with Gasteiger partial charge in [-0.05, 0) is 30.9 Å². The number of aliphatic imine (C=N–C) groups is 1. The molecule has 4 heterocycles. The van der Waals surface area contributed by atoms with E-state index >= 15 is 8.78 Å². The largest absolute Gasteiger partial charge is 0.481 e. The minimum Gasteiger partial charge on any atom is -0.481 e. The van der Waals surface area contributed by atoms with Crippen LogP contribution in [0, 0.1) is 11.7 Å². The van der Waals surface area contributed by atoms with Gasteiger partial charge in [0.15, 0.2) is 10.8 Å². The van der Waals surface area contributed by atoms with Crippen LogP contribution in [0.3, 0.4) is 0 Å². The van der Waals surface area contributed by atoms with Gasteiger partial charge in [0.1, 0.15) is 11.9 Å². The summed E-state index contributed by atoms with van der Waals surface area (Å²) in [5.74, 6) is -5.38. The number of fused-ring (bicyclic) bond motifs is 2. The number of piperidine rings is 1. The predicted octanol–water partition coefficient (Wildman–Crippen LogP) is 4.42. The van der Waals surface area contributed by atoms with Crippen LogP contribution < -0.4 is 5.32 Å². The summed E-state index contributed by atoms with van der Waals surface area (Å²) in [5.41, 5.74) is 0.707. The number of carbonyl (C=O) groups is 2. The smallest absolute Gasteiger partial charge is 0.338 e. The minimum absolute atomic E-state index is 0.0251. The van der Waals surface area contributed by atoms with Gasteiger partial charge in [-0.15, -0.1) is 11.3 Å². The highest BCUT2D eigenvalue weighted by atomic mass is 35.5. The zero-order valence-corrected chi connectivity index (χ0v) is 21.7. The van der Waals surface area contributed by atoms with Gasteiger partial charge in [0.05, 0.1) is 18.7 Å². The molecule has 8 nitrogen and oxygen atoms in total. The van der Waals surface area contributed by atoms with Crippen molar-refractivity contribution in [2.75, 3.05) is 13.7 Å². The van der Waals surface area contributed by atoms with E-state index in [1.165, 1.54) is 30.6 Å². The monoisotopic (exact) mass is 568 g/mol. The average molecular weight is 569 g/mol. The Bertz CT molecular complexity index is 1320. The maximum absolute atomic E-state index is 15.1. The molecular formula is C25H24ClF3N4O4S. The normalized spacial score (nSPS) is 26.6. The summed E-state index contributed by atoms with van der Waals surface area (Å²) in [5, 5.41) is 14.6. The molecule has 5 rings (SSSR count). The van der Waals surface area contributed by atoms with E-state index in [0.717, 1.165) is 6.07 Å². The minimum atomic E-state index is -3.01. The number of aliphatic carboxylic acids is 1. The second-order valence-electron chi connectivity index (χ2n) is 9.63. The Balaban J connectivity index is 1.57. The van der Waals surface area contributed by atoms with E-state index in [9.17, 15) is 19.1 Å². The summed E-state index contributed by atoms with van der Waals surface area (Å²) in [6.45, 7) is -0.0607. The van der Waals surface area contributed by atoms with Gasteiger partial charge >= 0.3 is 11.9 Å². The first-order valence-corrected chi connectivity index (χ1v) is 13.2. The molecule has 0 saturated carbocycles. The van der Waals surface area contributed by atoms with E-state index < -0.39 is 48.2 Å². The molecule has 1 aromatic heterocycles. The van der Waals surface area contributed by atoms with Gasteiger partial charge in [0.25, 0.3) is 5.92 Å². The van der Waals surface area contributed by atoms with Gasteiger partial charge in [0.2, 0.25) is 0 Å². The number of esters is 1. The lowest BCUT2D eigenvalue weighted by atomic mass is 9.87. The molecule has 202 valence electrons. The van der Waals surface area contributed by atoms with Crippen molar-refractivity contribution in [3.63, 3.8) is 0 Å². The van der Waals surface area contributed by atoms with Crippen molar-refractivity contribution in [1.29, 1.82) is 0 Å². The molecular weight excluding hydrogens is 545 g/mol. The lowest BCUT2D eigenvalue weighted by Crippen LogP contribution is -2.50. The first-order chi connectivity index (χ1) is 18.1. The number of rotatable bonds is 7. The molecule has 3 aliphatic heterocycles. The molecule has 0 aliphatic carbocycles. The molecule has 2 bridgehead atoms. The second-order valence-corrected chi connectivity index (χ2v) is 10.9. The van der Waals surface area contributed by atoms with Crippen molar-refractivity contribution in [3.05, 3.63) is 62.5 Å². The molecule has 2 aromatic rings. The Morgan fingerprint density at radius 2 is 2.13 bits per heavy atom. The van der Waals surface area contributed by atoms with Crippen molar-refractivity contribution >= 4 is 40.7 Å². The van der Waals surface area contributed by atoms with Crippen molar-refractivity contribution in [2.45, 2.75) is 49.7 Å². The van der Waals surface area contributed by atoms with Crippen LogP contribution in [0.2, 0.25) is 5.02 Å². The highest BCUT2D eigenvalue weighted by Gasteiger charge is 2.57. The maximum Gasteiger partial charge on any atom is 0.338 e. The van der Waals surface area contributed by atoms with E-state index in [1.54, 1.807) is 16.5 Å². The van der Waals surface area contributed by atoms with Gasteiger partial charge in [-0.3, -0.25) is 14.7 Å². The molecule has 13 heteroatoms. The number of hydrogen-bond donors (Lipinski definition) is 2. The highest BCUT2D eigenvalue weighted by Crippen LogP contribution is 2.49. The molecule has 2 fully saturated rings. The van der Waals surface area contributed by atoms with Crippen LogP contribution in [-0.2, 0) is 14.3 Å². The SMILES string of the molecule is COC(=O)C1=C(CN2[C@H]3CC(CC(=O)O)C[C@@H]2C(F)(F)C3)NC(c2nccs2)=N[C@H]1c1ccc(F)cc1Cl. The molecule has 2 N–H and O–H groups in total. The highest BCUT2D eigenvalue weighted by molar-refractivity contribution is 7.11. The number of carboxylic acid groups (broad SMARTS) is 1. The van der Waals surface area contributed by atoms with Gasteiger partial charge in [-0.2, -0.15) is 0 Å². The molecule has 38 heavy (non-hydrogen) atoms. The molecule has 2 saturated heterocycles. The molecule has 1 aromatic carbocycles. The number of thiazole rings is 1. The first kappa shape index (κ1) is 26.6. The van der Waals surface area contributed by atoms with Gasteiger partial charge in [-0.1, -0.05) is 17.7 Å². The second kappa shape index (κ2) is 10.3. The Kier molecular flexibility index (Phi) is 7.23. The third-order valence-electron chi connectivity index (χ3n) is 7.25. The third-order valence-corrected chi connectivity index (χ3v) is 8.36. The number of ether oxygens (including phenoxy) is 1. The maximum atomic E-state index is 15.1. The number of carboxylic acids is 1. The summed E-state index contributed by atoms with van der Waals surface area (Å²) >= 11 is 7.66. The van der Waals surface area contributed by atoms with E-state index in [2.05, 4.69) is 15.3 Å². The van der Waals surface area contributed by atoms with E-state index in [-0.39, 0.29) is 35.9 Å². The van der Waals surface area contributed by atoms with Crippen LogP contribution in [0.4, 0.5) is 13.2 Å². The quantitative estimate of drug-likeness (QED) is 0.477. The number of methoxy groups -OCH3 is 1. The number of hydrogen-bond acceptors (Lipinski definition) is 8. The summed E-state index contributed by atoms with van der Waals surface area (Å²) in [6, 6.07) is 0.968. The van der Waals surface area contributed by atoms with Crippen LogP contribution >= 0.6 is 22.9 Å². The first-order valence-electron chi connectivity index (χ1n) is 11.9. The van der Waals surface area contributed by atoms with Crippen molar-refractivity contribution in [1.82, 2.24) is 15.2 Å². The molecule has 3 aliphatic rings. The van der Waals surface area contributed by atoms with Crippen LogP contribution in [0.15, 0.2) is 46.0 Å². The fourth-order valence-electron chi connectivity index (χ4n) is 5.69. The number of benzene rings is 1. The lowest BCUT2D eigenvalue weighted by molar-refractivity contribution is -0.139. The predicted molar refractivity (Wildman–Crippen MR) is 134 cm³/mol. The fraction of sp³-hybridized carbons (Fsp3) is 0.440. The number of alkyl halides is 2. The topological polar surface area (TPSA) is 104 Å². The van der Waals surface area contributed by atoms with Crippen molar-refractivity contribution in [3.8, 4) is 0 Å². The average Bonchev–Trinajstić information content (AvgIpc) is 3.43. The summed E-state index contributed by atoms with van der Waals surface area (Å²) in [7, 11) is 1.20. The zero-order valence-electron chi connectivity index (χ0n) is 20.2. The summed E-state index contributed by atoms with van der Waals surface area (Å²) in [6.07, 6.45) is 1.35.